The Morgan fingerprint density at radius 1 is 1.44 bits per heavy atom. The van der Waals surface area contributed by atoms with Crippen molar-refractivity contribution in [3.8, 4) is 17.2 Å². The van der Waals surface area contributed by atoms with Crippen LogP contribution in [0, 0.1) is 0 Å². The van der Waals surface area contributed by atoms with E-state index in [4.69, 9.17) is 14.2 Å². The predicted molar refractivity (Wildman–Crippen MR) is 52.5 cm³/mol. The van der Waals surface area contributed by atoms with Gasteiger partial charge in [0.2, 0.25) is 0 Å². The summed E-state index contributed by atoms with van der Waals surface area (Å²) in [5.41, 5.74) is 0.636. The van der Waals surface area contributed by atoms with Gasteiger partial charge in [-0.15, -0.1) is 0 Å². The van der Waals surface area contributed by atoms with Gasteiger partial charge < -0.3 is 19.3 Å². The molecule has 2 aliphatic heterocycles. The lowest BCUT2D eigenvalue weighted by atomic mass is 9.97. The molecule has 84 valence electrons. The van der Waals surface area contributed by atoms with Crippen LogP contribution in [0.4, 0.5) is 0 Å². The minimum absolute atomic E-state index is 0.0835. The van der Waals surface area contributed by atoms with Gasteiger partial charge >= 0.3 is 5.97 Å². The van der Waals surface area contributed by atoms with Crippen LogP contribution in [-0.4, -0.2) is 24.5 Å². The van der Waals surface area contributed by atoms with Crippen molar-refractivity contribution in [3.63, 3.8) is 0 Å². The first kappa shape index (κ1) is 9.33. The van der Waals surface area contributed by atoms with Gasteiger partial charge in [0.15, 0.2) is 0 Å². The molecular weight excluding hydrogens is 212 g/mol. The van der Waals surface area contributed by atoms with Crippen LogP contribution >= 0.6 is 0 Å². The summed E-state index contributed by atoms with van der Waals surface area (Å²) in [5, 5.41) is 9.85. The van der Waals surface area contributed by atoms with E-state index in [9.17, 15) is 9.90 Å². The van der Waals surface area contributed by atoms with Crippen molar-refractivity contribution in [2.45, 2.75) is 18.6 Å². The molecule has 2 heterocycles. The molecule has 0 spiro atoms. The highest BCUT2D eigenvalue weighted by molar-refractivity contribution is 5.75. The molecular formula is C11H10O5. The van der Waals surface area contributed by atoms with Crippen molar-refractivity contribution in [3.05, 3.63) is 17.7 Å². The first-order valence-electron chi connectivity index (χ1n) is 4.96. The van der Waals surface area contributed by atoms with Crippen LogP contribution in [0.15, 0.2) is 12.1 Å². The Bertz CT molecular complexity index is 468. The zero-order valence-electron chi connectivity index (χ0n) is 8.60. The average Bonchev–Trinajstić information content (AvgIpc) is 2.72. The number of hydrogen-bond donors (Lipinski definition) is 1. The molecule has 0 bridgehead atoms. The maximum Gasteiger partial charge on any atom is 0.309 e. The summed E-state index contributed by atoms with van der Waals surface area (Å²) < 4.78 is 15.4. The quantitative estimate of drug-likeness (QED) is 0.722. The topological polar surface area (TPSA) is 65.0 Å². The second-order valence-corrected chi connectivity index (χ2v) is 3.85. The number of phenolic OH excluding ortho intramolecular Hbond substituents is 1. The molecule has 0 aromatic heterocycles. The number of methoxy groups -OCH3 is 1. The van der Waals surface area contributed by atoms with Crippen molar-refractivity contribution in [2.75, 3.05) is 7.11 Å². The molecule has 1 fully saturated rings. The third kappa shape index (κ3) is 1.14. The van der Waals surface area contributed by atoms with Crippen molar-refractivity contribution < 1.29 is 24.1 Å². The highest BCUT2D eigenvalue weighted by atomic mass is 16.7. The first-order valence-corrected chi connectivity index (χ1v) is 4.96. The molecule has 1 aromatic carbocycles. The van der Waals surface area contributed by atoms with Gasteiger partial charge in [-0.1, -0.05) is 0 Å². The molecule has 0 saturated carbocycles. The molecule has 3 rings (SSSR count). The second kappa shape index (κ2) is 3.04. The van der Waals surface area contributed by atoms with E-state index in [1.54, 1.807) is 6.07 Å². The number of phenols is 1. The van der Waals surface area contributed by atoms with E-state index in [0.29, 0.717) is 17.1 Å². The number of carbonyl (C=O) groups is 1. The molecule has 2 aliphatic rings. The van der Waals surface area contributed by atoms with Gasteiger partial charge in [-0.05, 0) is 0 Å². The van der Waals surface area contributed by atoms with E-state index in [1.807, 2.05) is 0 Å². The fourth-order valence-electron chi connectivity index (χ4n) is 2.18. The van der Waals surface area contributed by atoms with Crippen LogP contribution in [0.1, 0.15) is 17.9 Å². The number of aromatic hydroxyl groups is 1. The summed E-state index contributed by atoms with van der Waals surface area (Å²) in [6, 6.07) is 3.19. The number of benzene rings is 1. The smallest absolute Gasteiger partial charge is 0.309 e. The van der Waals surface area contributed by atoms with E-state index in [0.717, 1.165) is 0 Å². The number of fused-ring (bicyclic) bond motifs is 3. The number of ether oxygens (including phenoxy) is 3. The lowest BCUT2D eigenvalue weighted by Gasteiger charge is -2.07. The highest BCUT2D eigenvalue weighted by Crippen LogP contribution is 2.50. The summed E-state index contributed by atoms with van der Waals surface area (Å²) in [5.74, 6) is 0.631. The van der Waals surface area contributed by atoms with Gasteiger partial charge in [0.25, 0.3) is 6.29 Å². The van der Waals surface area contributed by atoms with Gasteiger partial charge in [0.1, 0.15) is 17.2 Å². The molecule has 1 aromatic rings. The molecule has 1 N–H and O–H groups in total. The van der Waals surface area contributed by atoms with E-state index in [-0.39, 0.29) is 24.1 Å². The van der Waals surface area contributed by atoms with Crippen LogP contribution < -0.4 is 9.47 Å². The Hall–Kier alpha value is -1.91. The molecule has 16 heavy (non-hydrogen) atoms. The molecule has 1 saturated heterocycles. The van der Waals surface area contributed by atoms with Crippen molar-refractivity contribution >= 4 is 5.97 Å². The van der Waals surface area contributed by atoms with Gasteiger partial charge in [-0.2, -0.15) is 0 Å². The van der Waals surface area contributed by atoms with Crippen LogP contribution in [0.5, 0.6) is 17.2 Å². The molecule has 0 aliphatic carbocycles. The monoisotopic (exact) mass is 222 g/mol. The molecule has 5 nitrogen and oxygen atoms in total. The maximum atomic E-state index is 11.1. The average molecular weight is 222 g/mol. The third-order valence-corrected chi connectivity index (χ3v) is 2.91. The Kier molecular flexibility index (Phi) is 1.77. The largest absolute Gasteiger partial charge is 0.507 e. The lowest BCUT2D eigenvalue weighted by molar-refractivity contribution is -0.150. The van der Waals surface area contributed by atoms with Gasteiger partial charge in [0.05, 0.1) is 19.4 Å². The van der Waals surface area contributed by atoms with E-state index in [1.165, 1.54) is 13.2 Å². The number of rotatable bonds is 1. The number of esters is 1. The fraction of sp³-hybridized carbons (Fsp3) is 0.364. The molecule has 5 heteroatoms. The number of hydrogen-bond acceptors (Lipinski definition) is 5. The summed E-state index contributed by atoms with van der Waals surface area (Å²) in [7, 11) is 1.51. The third-order valence-electron chi connectivity index (χ3n) is 2.91. The molecule has 0 radical (unpaired) electrons. The van der Waals surface area contributed by atoms with Crippen LogP contribution in [0.3, 0.4) is 0 Å². The minimum atomic E-state index is -0.597. The Balaban J connectivity index is 2.07. The van der Waals surface area contributed by atoms with Crippen molar-refractivity contribution in [1.82, 2.24) is 0 Å². The van der Waals surface area contributed by atoms with E-state index < -0.39 is 6.29 Å². The van der Waals surface area contributed by atoms with Gasteiger partial charge in [-0.3, -0.25) is 4.79 Å². The zero-order chi connectivity index (χ0) is 11.3. The highest BCUT2D eigenvalue weighted by Gasteiger charge is 2.46. The van der Waals surface area contributed by atoms with E-state index in [2.05, 4.69) is 0 Å². The fourth-order valence-corrected chi connectivity index (χ4v) is 2.18. The van der Waals surface area contributed by atoms with Gasteiger partial charge in [0, 0.05) is 17.7 Å². The summed E-state index contributed by atoms with van der Waals surface area (Å²) in [4.78, 5) is 11.1. The van der Waals surface area contributed by atoms with Crippen LogP contribution in [-0.2, 0) is 9.53 Å². The van der Waals surface area contributed by atoms with Crippen LogP contribution in [0.2, 0.25) is 0 Å². The summed E-state index contributed by atoms with van der Waals surface area (Å²) in [6.45, 7) is 0. The summed E-state index contributed by atoms with van der Waals surface area (Å²) in [6.07, 6.45) is -0.349. The van der Waals surface area contributed by atoms with Crippen molar-refractivity contribution in [2.24, 2.45) is 0 Å². The number of carbonyl (C=O) groups excluding carboxylic acids is 1. The maximum absolute atomic E-state index is 11.1. The van der Waals surface area contributed by atoms with Gasteiger partial charge in [-0.25, -0.2) is 0 Å². The second-order valence-electron chi connectivity index (χ2n) is 3.85. The molecule has 0 unspecified atom stereocenters. The minimum Gasteiger partial charge on any atom is -0.507 e. The lowest BCUT2D eigenvalue weighted by Crippen LogP contribution is -2.14. The molecule has 0 amide bonds. The SMILES string of the molecule is COc1cc(O)c2c(c1)O[C@H]1OC(=O)C[C@@H]21. The Labute approximate surface area is 91.5 Å². The predicted octanol–water partition coefficient (Wildman–Crippen LogP) is 1.15. The van der Waals surface area contributed by atoms with E-state index >= 15 is 0 Å². The van der Waals surface area contributed by atoms with Crippen LogP contribution in [0.25, 0.3) is 0 Å². The molecule has 2 atom stereocenters. The van der Waals surface area contributed by atoms with Crippen molar-refractivity contribution in [1.29, 1.82) is 0 Å². The summed E-state index contributed by atoms with van der Waals surface area (Å²) >= 11 is 0. The normalized spacial score (nSPS) is 25.7. The zero-order valence-corrected chi connectivity index (χ0v) is 8.60. The Morgan fingerprint density at radius 2 is 2.25 bits per heavy atom. The standard InChI is InChI=1S/C11H10O5/c1-14-5-2-7(12)10-6-4-9(13)16-11(6)15-8(10)3-5/h2-3,6,11-12H,4H2,1H3/t6-,11-/m0/s1. The Morgan fingerprint density at radius 3 is 3.00 bits per heavy atom. The first-order chi connectivity index (χ1) is 7.69.